The van der Waals surface area contributed by atoms with Crippen molar-refractivity contribution in [2.24, 2.45) is 0 Å². The van der Waals surface area contributed by atoms with Crippen LogP contribution in [0.25, 0.3) is 0 Å². The molecular weight excluding hydrogens is 172 g/mol. The zero-order valence-electron chi connectivity index (χ0n) is 3.86. The summed E-state index contributed by atoms with van der Waals surface area (Å²) in [7, 11) is 0. The zero-order valence-corrected chi connectivity index (χ0v) is 6.27. The lowest BCUT2D eigenvalue weighted by molar-refractivity contribution is 1.64. The third kappa shape index (κ3) is 1.28. The molecule has 1 aromatic heterocycles. The van der Waals surface area contributed by atoms with Gasteiger partial charge in [0.1, 0.15) is 0 Å². The minimum absolute atomic E-state index is 1.09. The first kappa shape index (κ1) is 5.32. The van der Waals surface area contributed by atoms with Gasteiger partial charge in [0, 0.05) is 10.9 Å². The summed E-state index contributed by atoms with van der Waals surface area (Å²) < 4.78 is 1.09. The number of thiophene rings is 1. The molecule has 0 fully saturated rings. The van der Waals surface area contributed by atoms with E-state index < -0.39 is 0 Å². The molecule has 0 aliphatic heterocycles. The quantitative estimate of drug-likeness (QED) is 0.569. The molecule has 0 aromatic carbocycles. The Balaban J connectivity index is 3.04. The fourth-order valence-corrected chi connectivity index (χ4v) is 1.76. The number of aryl methyl sites for hydroxylation is 1. The minimum atomic E-state index is 1.09. The van der Waals surface area contributed by atoms with Gasteiger partial charge in [0.05, 0.1) is 3.79 Å². The van der Waals surface area contributed by atoms with E-state index in [1.165, 1.54) is 4.88 Å². The van der Waals surface area contributed by atoms with Crippen molar-refractivity contribution in [1.29, 1.82) is 0 Å². The minimum Gasteiger partial charge on any atom is -0.133 e. The van der Waals surface area contributed by atoms with Gasteiger partial charge in [0.25, 0.3) is 0 Å². The molecule has 0 atom stereocenters. The highest BCUT2D eigenvalue weighted by molar-refractivity contribution is 9.11. The van der Waals surface area contributed by atoms with Crippen LogP contribution in [0.5, 0.6) is 0 Å². The number of rotatable bonds is 0. The molecule has 0 nitrogen and oxygen atoms in total. The molecule has 1 aromatic rings. The molecule has 1 rings (SSSR count). The van der Waals surface area contributed by atoms with E-state index >= 15 is 0 Å². The highest BCUT2D eigenvalue weighted by Gasteiger charge is 1.87. The first-order valence-electron chi connectivity index (χ1n) is 1.92. The summed E-state index contributed by atoms with van der Waals surface area (Å²) >= 11 is 5.00. The Morgan fingerprint density at radius 3 is 2.71 bits per heavy atom. The molecular formula is C5H4BrS. The summed E-state index contributed by atoms with van der Waals surface area (Å²) in [6.45, 7) is 2.06. The molecule has 0 saturated carbocycles. The molecule has 0 N–H and O–H groups in total. The van der Waals surface area contributed by atoms with Crippen molar-refractivity contribution in [2.45, 2.75) is 6.92 Å². The fraction of sp³-hybridized carbons (Fsp3) is 0.200. The van der Waals surface area contributed by atoms with E-state index in [1.54, 1.807) is 11.3 Å². The number of hydrogen-bond donors (Lipinski definition) is 0. The van der Waals surface area contributed by atoms with E-state index in [0.29, 0.717) is 0 Å². The number of halogens is 1. The Morgan fingerprint density at radius 2 is 2.57 bits per heavy atom. The van der Waals surface area contributed by atoms with Gasteiger partial charge in [0.2, 0.25) is 0 Å². The van der Waals surface area contributed by atoms with Crippen molar-refractivity contribution in [1.82, 2.24) is 0 Å². The van der Waals surface area contributed by atoms with Gasteiger partial charge in [0.15, 0.2) is 0 Å². The molecule has 7 heavy (non-hydrogen) atoms. The Labute approximate surface area is 55.3 Å². The van der Waals surface area contributed by atoms with Crippen LogP contribution in [0.3, 0.4) is 0 Å². The Kier molecular flexibility index (Phi) is 1.50. The zero-order chi connectivity index (χ0) is 5.28. The number of hydrogen-bond acceptors (Lipinski definition) is 1. The lowest BCUT2D eigenvalue weighted by Crippen LogP contribution is -1.43. The molecule has 0 saturated heterocycles. The van der Waals surface area contributed by atoms with Crippen molar-refractivity contribution in [3.8, 4) is 0 Å². The van der Waals surface area contributed by atoms with E-state index in [1.807, 2.05) is 6.07 Å². The third-order valence-corrected chi connectivity index (χ3v) is 2.09. The summed E-state index contributed by atoms with van der Waals surface area (Å²) in [6.07, 6.45) is 0. The average molecular weight is 176 g/mol. The van der Waals surface area contributed by atoms with E-state index in [4.69, 9.17) is 0 Å². The smallest absolute Gasteiger partial charge is 0.0780 e. The van der Waals surface area contributed by atoms with Crippen LogP contribution in [0, 0.1) is 13.0 Å². The summed E-state index contributed by atoms with van der Waals surface area (Å²) in [6, 6.07) is 4.97. The van der Waals surface area contributed by atoms with Crippen molar-refractivity contribution >= 4 is 27.3 Å². The topological polar surface area (TPSA) is 0 Å². The van der Waals surface area contributed by atoms with Crippen LogP contribution in [0.4, 0.5) is 0 Å². The molecule has 0 bridgehead atoms. The van der Waals surface area contributed by atoms with Crippen LogP contribution in [-0.2, 0) is 0 Å². The molecule has 0 aliphatic carbocycles. The summed E-state index contributed by atoms with van der Waals surface area (Å²) in [5.74, 6) is 0. The van der Waals surface area contributed by atoms with E-state index in [0.717, 1.165) is 3.79 Å². The first-order chi connectivity index (χ1) is 3.29. The van der Waals surface area contributed by atoms with Crippen molar-refractivity contribution in [3.63, 3.8) is 0 Å². The summed E-state index contributed by atoms with van der Waals surface area (Å²) in [5.41, 5.74) is 0. The predicted octanol–water partition coefficient (Wildman–Crippen LogP) is 2.62. The molecule has 0 amide bonds. The maximum absolute atomic E-state index is 3.30. The van der Waals surface area contributed by atoms with Gasteiger partial charge < -0.3 is 0 Å². The van der Waals surface area contributed by atoms with Gasteiger partial charge in [-0.3, -0.25) is 0 Å². The predicted molar refractivity (Wildman–Crippen MR) is 35.6 cm³/mol. The van der Waals surface area contributed by atoms with Crippen LogP contribution in [0.15, 0.2) is 9.85 Å². The van der Waals surface area contributed by atoms with Crippen molar-refractivity contribution < 1.29 is 0 Å². The first-order valence-corrected chi connectivity index (χ1v) is 3.53. The second kappa shape index (κ2) is 1.97. The van der Waals surface area contributed by atoms with E-state index in [-0.39, 0.29) is 0 Å². The van der Waals surface area contributed by atoms with Gasteiger partial charge in [-0.1, -0.05) is 0 Å². The van der Waals surface area contributed by atoms with Gasteiger partial charge in [-0.15, -0.1) is 11.3 Å². The molecule has 1 heterocycles. The fourth-order valence-electron chi connectivity index (χ4n) is 0.359. The molecule has 0 spiro atoms. The lowest BCUT2D eigenvalue weighted by atomic mass is 10.5. The summed E-state index contributed by atoms with van der Waals surface area (Å²) in [4.78, 5) is 1.30. The van der Waals surface area contributed by atoms with Crippen LogP contribution in [-0.4, -0.2) is 0 Å². The third-order valence-electron chi connectivity index (χ3n) is 0.640. The van der Waals surface area contributed by atoms with Crippen LogP contribution >= 0.6 is 27.3 Å². The Hall–Kier alpha value is 0.180. The van der Waals surface area contributed by atoms with Crippen LogP contribution in [0.2, 0.25) is 0 Å². The largest absolute Gasteiger partial charge is 0.133 e. The van der Waals surface area contributed by atoms with Crippen molar-refractivity contribution in [3.05, 3.63) is 20.8 Å². The standard InChI is InChI=1S/C5H4BrS/c1-4-2-3-5(6)7-4/h2H,1H3. The second-order valence-corrected chi connectivity index (χ2v) is 3.85. The van der Waals surface area contributed by atoms with Crippen LogP contribution in [0.1, 0.15) is 4.88 Å². The SMILES string of the molecule is Cc1c[c]c(Br)s1. The van der Waals surface area contributed by atoms with Gasteiger partial charge in [-0.05, 0) is 28.9 Å². The van der Waals surface area contributed by atoms with Gasteiger partial charge in [-0.25, -0.2) is 0 Å². The summed E-state index contributed by atoms with van der Waals surface area (Å²) in [5, 5.41) is 0. The second-order valence-electron chi connectivity index (χ2n) is 1.28. The highest BCUT2D eigenvalue weighted by Crippen LogP contribution is 2.19. The molecule has 0 aliphatic rings. The maximum atomic E-state index is 3.30. The molecule has 37 valence electrons. The average Bonchev–Trinajstić information content (AvgIpc) is 1.87. The molecule has 0 unspecified atom stereocenters. The van der Waals surface area contributed by atoms with Gasteiger partial charge >= 0.3 is 0 Å². The Bertz CT molecular complexity index is 140. The monoisotopic (exact) mass is 175 g/mol. The van der Waals surface area contributed by atoms with E-state index in [2.05, 4.69) is 28.9 Å². The normalized spacial score (nSPS) is 9.43. The highest BCUT2D eigenvalue weighted by atomic mass is 79.9. The molecule has 1 radical (unpaired) electrons. The van der Waals surface area contributed by atoms with Crippen molar-refractivity contribution in [2.75, 3.05) is 0 Å². The van der Waals surface area contributed by atoms with Gasteiger partial charge in [-0.2, -0.15) is 0 Å². The maximum Gasteiger partial charge on any atom is 0.0780 e. The van der Waals surface area contributed by atoms with E-state index in [9.17, 15) is 0 Å². The molecule has 2 heteroatoms. The Morgan fingerprint density at radius 1 is 1.86 bits per heavy atom. The van der Waals surface area contributed by atoms with Crippen LogP contribution < -0.4 is 0 Å². The lowest BCUT2D eigenvalue weighted by Gasteiger charge is -1.69.